The number of carbonyl (C=O) groups is 2. The second kappa shape index (κ2) is 12.3. The molecule has 40 heavy (non-hydrogen) atoms. The van der Waals surface area contributed by atoms with Crippen LogP contribution in [0.25, 0.3) is 0 Å². The van der Waals surface area contributed by atoms with Gasteiger partial charge in [-0.25, -0.2) is 8.42 Å². The molecule has 0 saturated heterocycles. The molecule has 0 saturated carbocycles. The summed E-state index contributed by atoms with van der Waals surface area (Å²) in [5, 5.41) is 2.95. The van der Waals surface area contributed by atoms with Gasteiger partial charge in [-0.15, -0.1) is 0 Å². The Morgan fingerprint density at radius 2 is 1.45 bits per heavy atom. The summed E-state index contributed by atoms with van der Waals surface area (Å²) in [5.74, 6) is -0.789. The predicted octanol–water partition coefficient (Wildman–Crippen LogP) is 5.45. The molecule has 0 spiro atoms. The third-order valence-corrected chi connectivity index (χ3v) is 8.40. The number of hydrogen-bond acceptors (Lipinski definition) is 4. The lowest BCUT2D eigenvalue weighted by atomic mass is 10.1. The predicted molar refractivity (Wildman–Crippen MR) is 161 cm³/mol. The molecule has 2 amide bonds. The highest BCUT2D eigenvalue weighted by Gasteiger charge is 2.34. The largest absolute Gasteiger partial charge is 0.350 e. The van der Waals surface area contributed by atoms with E-state index in [-0.39, 0.29) is 17.3 Å². The molecular weight excluding hydrogens is 522 g/mol. The first-order chi connectivity index (χ1) is 18.6. The number of rotatable bonds is 9. The number of sulfonamides is 1. The van der Waals surface area contributed by atoms with E-state index in [1.807, 2.05) is 84.9 Å². The number of aryl methyl sites for hydroxylation is 4. The maximum Gasteiger partial charge on any atom is 0.264 e. The summed E-state index contributed by atoms with van der Waals surface area (Å²) in [5.41, 5.74) is 4.32. The average Bonchev–Trinajstić information content (AvgIpc) is 2.86. The molecule has 1 N–H and O–H groups in total. The zero-order chi connectivity index (χ0) is 29.8. The van der Waals surface area contributed by atoms with Gasteiger partial charge in [0.2, 0.25) is 11.8 Å². The van der Waals surface area contributed by atoms with Crippen molar-refractivity contribution in [3.05, 3.63) is 94.5 Å². The number of benzene rings is 3. The van der Waals surface area contributed by atoms with Crippen molar-refractivity contribution in [3.63, 3.8) is 0 Å². The highest BCUT2D eigenvalue weighted by Crippen LogP contribution is 2.29. The van der Waals surface area contributed by atoms with E-state index in [1.54, 1.807) is 37.3 Å². The van der Waals surface area contributed by atoms with E-state index in [0.29, 0.717) is 5.69 Å². The van der Waals surface area contributed by atoms with Gasteiger partial charge in [0.15, 0.2) is 0 Å². The average molecular weight is 564 g/mol. The van der Waals surface area contributed by atoms with E-state index in [1.165, 1.54) is 9.21 Å². The molecule has 0 aliphatic heterocycles. The van der Waals surface area contributed by atoms with Gasteiger partial charge in [-0.1, -0.05) is 59.7 Å². The molecule has 3 aromatic rings. The van der Waals surface area contributed by atoms with Gasteiger partial charge in [-0.3, -0.25) is 13.9 Å². The first-order valence-corrected chi connectivity index (χ1v) is 14.9. The molecule has 0 fully saturated rings. The highest BCUT2D eigenvalue weighted by atomic mass is 32.2. The van der Waals surface area contributed by atoms with E-state index < -0.39 is 34.1 Å². The Morgan fingerprint density at radius 3 is 2.05 bits per heavy atom. The summed E-state index contributed by atoms with van der Waals surface area (Å²) < 4.78 is 29.2. The van der Waals surface area contributed by atoms with Crippen molar-refractivity contribution in [1.29, 1.82) is 0 Å². The maximum atomic E-state index is 14.1. The molecule has 3 aromatic carbocycles. The topological polar surface area (TPSA) is 86.8 Å². The van der Waals surface area contributed by atoms with Gasteiger partial charge in [0.05, 0.1) is 10.6 Å². The lowest BCUT2D eigenvalue weighted by Gasteiger charge is -2.34. The van der Waals surface area contributed by atoms with Crippen LogP contribution < -0.4 is 9.62 Å². The SMILES string of the molecule is Cc1ccc(S(=O)(=O)N(CC(=O)N(Cc2cccc(C)c2)[C@H](C)C(=O)NC(C)(C)C)c2cc(C)ccc2C)cc1. The van der Waals surface area contributed by atoms with E-state index >= 15 is 0 Å². The molecule has 0 aliphatic rings. The van der Waals surface area contributed by atoms with Gasteiger partial charge in [-0.05, 0) is 90.3 Å². The van der Waals surface area contributed by atoms with Crippen molar-refractivity contribution in [2.75, 3.05) is 10.8 Å². The van der Waals surface area contributed by atoms with Crippen LogP contribution >= 0.6 is 0 Å². The summed E-state index contributed by atoms with van der Waals surface area (Å²) in [6.07, 6.45) is 0. The monoisotopic (exact) mass is 563 g/mol. The van der Waals surface area contributed by atoms with Gasteiger partial charge in [0, 0.05) is 12.1 Å². The van der Waals surface area contributed by atoms with E-state index in [4.69, 9.17) is 0 Å². The fourth-order valence-corrected chi connectivity index (χ4v) is 5.87. The number of nitrogens with one attached hydrogen (secondary N) is 1. The Bertz CT molecular complexity index is 1470. The van der Waals surface area contributed by atoms with Crippen LogP contribution in [0.2, 0.25) is 0 Å². The summed E-state index contributed by atoms with van der Waals surface area (Å²) in [7, 11) is -4.11. The van der Waals surface area contributed by atoms with Gasteiger partial charge in [0.1, 0.15) is 12.6 Å². The minimum atomic E-state index is -4.11. The molecule has 3 rings (SSSR count). The fraction of sp³-hybridized carbons (Fsp3) is 0.375. The summed E-state index contributed by atoms with van der Waals surface area (Å²) in [6.45, 7) is 14.5. The third-order valence-electron chi connectivity index (χ3n) is 6.62. The number of amides is 2. The molecule has 8 heteroatoms. The van der Waals surface area contributed by atoms with Crippen LogP contribution in [-0.2, 0) is 26.2 Å². The molecule has 0 radical (unpaired) electrons. The quantitative estimate of drug-likeness (QED) is 0.375. The van der Waals surface area contributed by atoms with Crippen molar-refractivity contribution >= 4 is 27.5 Å². The molecule has 1 atom stereocenters. The van der Waals surface area contributed by atoms with Crippen molar-refractivity contribution in [2.45, 2.75) is 78.4 Å². The smallest absolute Gasteiger partial charge is 0.264 e. The normalized spacial score (nSPS) is 12.5. The minimum Gasteiger partial charge on any atom is -0.350 e. The second-order valence-electron chi connectivity index (χ2n) is 11.5. The van der Waals surface area contributed by atoms with Gasteiger partial charge in [-0.2, -0.15) is 0 Å². The van der Waals surface area contributed by atoms with Crippen molar-refractivity contribution in [2.24, 2.45) is 0 Å². The van der Waals surface area contributed by atoms with Crippen LogP contribution in [0.3, 0.4) is 0 Å². The number of hydrogen-bond donors (Lipinski definition) is 1. The van der Waals surface area contributed by atoms with Crippen LogP contribution in [-0.4, -0.2) is 43.3 Å². The van der Waals surface area contributed by atoms with Gasteiger partial charge < -0.3 is 10.2 Å². The van der Waals surface area contributed by atoms with E-state index in [9.17, 15) is 18.0 Å². The van der Waals surface area contributed by atoms with E-state index in [0.717, 1.165) is 27.8 Å². The van der Waals surface area contributed by atoms with Crippen LogP contribution in [0.5, 0.6) is 0 Å². The lowest BCUT2D eigenvalue weighted by molar-refractivity contribution is -0.140. The zero-order valence-electron chi connectivity index (χ0n) is 24.8. The zero-order valence-corrected chi connectivity index (χ0v) is 25.6. The molecule has 214 valence electrons. The van der Waals surface area contributed by atoms with E-state index in [2.05, 4.69) is 5.32 Å². The molecule has 0 aromatic heterocycles. The van der Waals surface area contributed by atoms with Crippen molar-refractivity contribution in [3.8, 4) is 0 Å². The Balaban J connectivity index is 2.08. The first-order valence-electron chi connectivity index (χ1n) is 13.4. The standard InChI is InChI=1S/C32H41N3O4S/c1-22-13-16-28(17-14-22)40(38,39)35(29-19-24(3)12-15-25(29)4)21-30(36)34(20-27-11-9-10-23(2)18-27)26(5)31(37)33-32(6,7)8/h9-19,26H,20-21H2,1-8H3,(H,33,37)/t26-/m1/s1. The van der Waals surface area contributed by atoms with Crippen LogP contribution in [0.15, 0.2) is 71.6 Å². The Labute approximate surface area is 239 Å². The summed E-state index contributed by atoms with van der Waals surface area (Å²) in [4.78, 5) is 28.9. The molecular formula is C32H41N3O4S. The lowest BCUT2D eigenvalue weighted by Crippen LogP contribution is -2.54. The van der Waals surface area contributed by atoms with Crippen molar-refractivity contribution < 1.29 is 18.0 Å². The maximum absolute atomic E-state index is 14.1. The fourth-order valence-electron chi connectivity index (χ4n) is 4.40. The second-order valence-corrected chi connectivity index (χ2v) is 13.4. The van der Waals surface area contributed by atoms with Crippen LogP contribution in [0.4, 0.5) is 5.69 Å². The first kappa shape index (κ1) is 30.9. The molecule has 7 nitrogen and oxygen atoms in total. The van der Waals surface area contributed by atoms with Gasteiger partial charge >= 0.3 is 0 Å². The Morgan fingerprint density at radius 1 is 0.850 bits per heavy atom. The van der Waals surface area contributed by atoms with Crippen LogP contribution in [0, 0.1) is 27.7 Å². The van der Waals surface area contributed by atoms with Crippen LogP contribution in [0.1, 0.15) is 55.5 Å². The number of carbonyl (C=O) groups excluding carboxylic acids is 2. The van der Waals surface area contributed by atoms with Crippen molar-refractivity contribution in [1.82, 2.24) is 10.2 Å². The highest BCUT2D eigenvalue weighted by molar-refractivity contribution is 7.92. The van der Waals surface area contributed by atoms with Gasteiger partial charge in [0.25, 0.3) is 10.0 Å². The summed E-state index contributed by atoms with van der Waals surface area (Å²) >= 11 is 0. The number of anilines is 1. The Kier molecular flexibility index (Phi) is 9.46. The molecule has 0 unspecified atom stereocenters. The Hall–Kier alpha value is -3.65. The molecule has 0 bridgehead atoms. The summed E-state index contributed by atoms with van der Waals surface area (Å²) in [6, 6.07) is 19.0. The minimum absolute atomic E-state index is 0.0931. The molecule has 0 aliphatic carbocycles. The number of nitrogens with zero attached hydrogens (tertiary/aromatic N) is 2. The third kappa shape index (κ3) is 7.72. The molecule has 0 heterocycles.